The van der Waals surface area contributed by atoms with Crippen LogP contribution in [0.3, 0.4) is 0 Å². The predicted octanol–water partition coefficient (Wildman–Crippen LogP) is 0.968. The largest absolute Gasteiger partial charge is 0.481 e. The molecule has 0 spiro atoms. The fourth-order valence-corrected chi connectivity index (χ4v) is 2.83. The molecule has 0 unspecified atom stereocenters. The second-order valence-electron chi connectivity index (χ2n) is 6.82. The van der Waals surface area contributed by atoms with Gasteiger partial charge in [-0.3, -0.25) is 4.79 Å². The Morgan fingerprint density at radius 2 is 1.84 bits per heavy atom. The Hall–Kier alpha value is -3.66. The lowest BCUT2D eigenvalue weighted by Gasteiger charge is -2.19. The number of esters is 1. The van der Waals surface area contributed by atoms with Crippen molar-refractivity contribution < 1.29 is 33.7 Å². The van der Waals surface area contributed by atoms with Gasteiger partial charge in [0.05, 0.1) is 26.7 Å². The molecule has 0 saturated carbocycles. The van der Waals surface area contributed by atoms with Gasteiger partial charge >= 0.3 is 12.1 Å². The number of hydrogen-bond donors (Lipinski definition) is 3. The van der Waals surface area contributed by atoms with Gasteiger partial charge in [-0.25, -0.2) is 14.6 Å². The summed E-state index contributed by atoms with van der Waals surface area (Å²) < 4.78 is 15.0. The molecule has 0 aliphatic heterocycles. The number of methoxy groups -OCH3 is 2. The number of benzene rings is 1. The van der Waals surface area contributed by atoms with E-state index in [2.05, 4.69) is 15.6 Å². The molecule has 32 heavy (non-hydrogen) atoms. The summed E-state index contributed by atoms with van der Waals surface area (Å²) in [6.07, 6.45) is -0.593. The van der Waals surface area contributed by atoms with Crippen LogP contribution in [0.25, 0.3) is 0 Å². The van der Waals surface area contributed by atoms with Crippen LogP contribution in [0.4, 0.5) is 4.79 Å². The van der Waals surface area contributed by atoms with E-state index in [0.29, 0.717) is 11.4 Å². The molecular formula is C22H27N3O7. The second kappa shape index (κ2) is 12.9. The quantitative estimate of drug-likeness (QED) is 0.435. The van der Waals surface area contributed by atoms with Crippen LogP contribution in [-0.4, -0.2) is 61.0 Å². The molecular weight excluding hydrogens is 418 g/mol. The zero-order chi connectivity index (χ0) is 23.3. The fraction of sp³-hybridized carbons (Fsp3) is 0.364. The Morgan fingerprint density at radius 1 is 1.09 bits per heavy atom. The Kier molecular flexibility index (Phi) is 9.92. The maximum atomic E-state index is 12.3. The van der Waals surface area contributed by atoms with Crippen LogP contribution >= 0.6 is 0 Å². The van der Waals surface area contributed by atoms with E-state index in [9.17, 15) is 19.5 Å². The van der Waals surface area contributed by atoms with Crippen molar-refractivity contribution in [3.63, 3.8) is 0 Å². The first-order valence-electron chi connectivity index (χ1n) is 9.90. The number of amides is 2. The predicted molar refractivity (Wildman–Crippen MR) is 114 cm³/mol. The number of nitrogens with one attached hydrogen (secondary N) is 2. The number of rotatable bonds is 11. The highest BCUT2D eigenvalue weighted by molar-refractivity contribution is 5.85. The molecule has 1 heterocycles. The van der Waals surface area contributed by atoms with Crippen LogP contribution in [0.15, 0.2) is 48.7 Å². The average molecular weight is 445 g/mol. The monoisotopic (exact) mass is 445 g/mol. The number of hydrogen-bond acceptors (Lipinski definition) is 8. The molecule has 1 aromatic carbocycles. The first kappa shape index (κ1) is 24.6. The third kappa shape index (κ3) is 8.23. The summed E-state index contributed by atoms with van der Waals surface area (Å²) in [6.45, 7) is -0.109. The summed E-state index contributed by atoms with van der Waals surface area (Å²) in [5.41, 5.74) is 1.43. The first-order valence-corrected chi connectivity index (χ1v) is 9.90. The van der Waals surface area contributed by atoms with E-state index in [1.807, 2.05) is 30.3 Å². The highest BCUT2D eigenvalue weighted by Gasteiger charge is 2.25. The molecule has 2 aromatic rings. The average Bonchev–Trinajstić information content (AvgIpc) is 2.81. The Balaban J connectivity index is 1.81. The highest BCUT2D eigenvalue weighted by atomic mass is 16.5. The maximum absolute atomic E-state index is 12.3. The minimum atomic E-state index is -1.18. The van der Waals surface area contributed by atoms with E-state index in [1.165, 1.54) is 14.2 Å². The normalized spacial score (nSPS) is 12.2. The number of aromatic nitrogens is 1. The van der Waals surface area contributed by atoms with Gasteiger partial charge in [0.2, 0.25) is 11.8 Å². The molecule has 10 heteroatoms. The summed E-state index contributed by atoms with van der Waals surface area (Å²) in [5, 5.41) is 15.0. The minimum Gasteiger partial charge on any atom is -0.481 e. The molecule has 172 valence electrons. The number of aliphatic hydroxyl groups excluding tert-OH is 1. The van der Waals surface area contributed by atoms with Crippen molar-refractivity contribution in [3.05, 3.63) is 59.8 Å². The van der Waals surface area contributed by atoms with Crippen LogP contribution in [0.2, 0.25) is 0 Å². The van der Waals surface area contributed by atoms with Gasteiger partial charge in [-0.1, -0.05) is 36.4 Å². The Morgan fingerprint density at radius 3 is 2.53 bits per heavy atom. The highest BCUT2D eigenvalue weighted by Crippen LogP contribution is 2.16. The molecule has 2 amide bonds. The molecule has 1 aromatic heterocycles. The van der Waals surface area contributed by atoms with Crippen LogP contribution in [0, 0.1) is 0 Å². The van der Waals surface area contributed by atoms with Gasteiger partial charge in [0.1, 0.15) is 12.6 Å². The summed E-state index contributed by atoms with van der Waals surface area (Å²) in [4.78, 5) is 40.2. The lowest BCUT2D eigenvalue weighted by atomic mass is 10.1. The molecule has 2 rings (SSSR count). The van der Waals surface area contributed by atoms with E-state index in [4.69, 9.17) is 14.2 Å². The number of carbonyl (C=O) groups excluding carboxylic acids is 3. The van der Waals surface area contributed by atoms with Crippen LogP contribution in [0.1, 0.15) is 17.5 Å². The van der Waals surface area contributed by atoms with Crippen molar-refractivity contribution >= 4 is 18.0 Å². The van der Waals surface area contributed by atoms with Crippen molar-refractivity contribution in [1.82, 2.24) is 15.6 Å². The van der Waals surface area contributed by atoms with Crippen molar-refractivity contribution in [1.29, 1.82) is 0 Å². The van der Waals surface area contributed by atoms with E-state index in [0.717, 1.165) is 5.56 Å². The topological polar surface area (TPSA) is 136 Å². The number of carbonyl (C=O) groups is 3. The van der Waals surface area contributed by atoms with E-state index < -0.39 is 30.1 Å². The van der Waals surface area contributed by atoms with E-state index in [-0.39, 0.29) is 26.0 Å². The van der Waals surface area contributed by atoms with Crippen molar-refractivity contribution in [2.45, 2.75) is 31.6 Å². The van der Waals surface area contributed by atoms with Gasteiger partial charge in [0, 0.05) is 24.7 Å². The van der Waals surface area contributed by atoms with Crippen molar-refractivity contribution in [2.75, 3.05) is 20.8 Å². The molecule has 2 atom stereocenters. The third-order valence-electron chi connectivity index (χ3n) is 4.40. The van der Waals surface area contributed by atoms with Gasteiger partial charge in [0.25, 0.3) is 0 Å². The fourth-order valence-electron chi connectivity index (χ4n) is 2.83. The number of aliphatic hydroxyl groups is 1. The SMILES string of the molecule is COC(=O)[C@@H](Cc1cccnc1OC)NC(=O)C[C@H](O)CNC(=O)OCc1ccccc1. The molecule has 0 fully saturated rings. The van der Waals surface area contributed by atoms with E-state index >= 15 is 0 Å². The number of ether oxygens (including phenoxy) is 3. The lowest BCUT2D eigenvalue weighted by molar-refractivity contribution is -0.145. The summed E-state index contributed by atoms with van der Waals surface area (Å²) in [5.74, 6) is -0.912. The molecule has 0 aliphatic carbocycles. The van der Waals surface area contributed by atoms with Gasteiger partial charge in [0.15, 0.2) is 0 Å². The van der Waals surface area contributed by atoms with Gasteiger partial charge in [-0.2, -0.15) is 0 Å². The smallest absolute Gasteiger partial charge is 0.407 e. The standard InChI is InChI=1S/C22H27N3O7/c1-30-20-16(9-6-10-23-20)11-18(21(28)31-2)25-19(27)12-17(26)13-24-22(29)32-14-15-7-4-3-5-8-15/h3-10,17-18,26H,11-14H2,1-2H3,(H,24,29)(H,25,27)/t17-,18+/m0/s1. The number of nitrogens with zero attached hydrogens (tertiary/aromatic N) is 1. The molecule has 0 radical (unpaired) electrons. The maximum Gasteiger partial charge on any atom is 0.407 e. The van der Waals surface area contributed by atoms with Crippen LogP contribution in [0.5, 0.6) is 5.88 Å². The molecule has 0 aliphatic rings. The first-order chi connectivity index (χ1) is 15.4. The Labute approximate surface area is 185 Å². The molecule has 0 saturated heterocycles. The van der Waals surface area contributed by atoms with Crippen molar-refractivity contribution in [2.24, 2.45) is 0 Å². The molecule has 10 nitrogen and oxygen atoms in total. The number of pyridine rings is 1. The zero-order valence-corrected chi connectivity index (χ0v) is 17.9. The molecule has 3 N–H and O–H groups in total. The zero-order valence-electron chi connectivity index (χ0n) is 17.9. The minimum absolute atomic E-state index is 0.0852. The summed E-state index contributed by atoms with van der Waals surface area (Å²) >= 11 is 0. The summed E-state index contributed by atoms with van der Waals surface area (Å²) in [7, 11) is 2.66. The van der Waals surface area contributed by atoms with Gasteiger partial charge in [-0.05, 0) is 11.6 Å². The van der Waals surface area contributed by atoms with Crippen molar-refractivity contribution in [3.8, 4) is 5.88 Å². The lowest BCUT2D eigenvalue weighted by Crippen LogP contribution is -2.45. The van der Waals surface area contributed by atoms with Crippen LogP contribution in [-0.2, 0) is 32.1 Å². The third-order valence-corrected chi connectivity index (χ3v) is 4.40. The second-order valence-corrected chi connectivity index (χ2v) is 6.82. The Bertz CT molecular complexity index is 892. The summed E-state index contributed by atoms with van der Waals surface area (Å²) in [6, 6.07) is 11.5. The molecule has 0 bridgehead atoms. The number of alkyl carbamates (subject to hydrolysis) is 1. The van der Waals surface area contributed by atoms with E-state index in [1.54, 1.807) is 18.3 Å². The van der Waals surface area contributed by atoms with Crippen LogP contribution < -0.4 is 15.4 Å². The van der Waals surface area contributed by atoms with Gasteiger partial charge in [-0.15, -0.1) is 0 Å². The van der Waals surface area contributed by atoms with Gasteiger partial charge < -0.3 is 30.0 Å².